The average Bonchev–Trinajstić information content (AvgIpc) is 2.92. The van der Waals surface area contributed by atoms with Gasteiger partial charge in [0.1, 0.15) is 5.75 Å². The van der Waals surface area contributed by atoms with Crippen molar-refractivity contribution in [3.63, 3.8) is 0 Å². The largest absolute Gasteiger partial charge is 0.497 e. The molecule has 1 aromatic rings. The number of ether oxygens (including phenoxy) is 2. The molecule has 1 aliphatic heterocycles. The van der Waals surface area contributed by atoms with E-state index in [1.165, 1.54) is 5.56 Å². The Balaban J connectivity index is 1.89. The van der Waals surface area contributed by atoms with Gasteiger partial charge >= 0.3 is 0 Å². The van der Waals surface area contributed by atoms with Crippen LogP contribution in [-0.4, -0.2) is 31.0 Å². The van der Waals surface area contributed by atoms with E-state index in [2.05, 4.69) is 12.1 Å². The fourth-order valence-electron chi connectivity index (χ4n) is 2.42. The second kappa shape index (κ2) is 5.72. The highest BCUT2D eigenvalue weighted by molar-refractivity contribution is 5.27. The van der Waals surface area contributed by atoms with Crippen LogP contribution in [0.4, 0.5) is 0 Å². The van der Waals surface area contributed by atoms with Gasteiger partial charge in [-0.2, -0.15) is 0 Å². The second-order valence-corrected chi connectivity index (χ2v) is 5.27. The third kappa shape index (κ3) is 3.24. The van der Waals surface area contributed by atoms with Gasteiger partial charge in [-0.15, -0.1) is 0 Å². The average molecular weight is 250 g/mol. The van der Waals surface area contributed by atoms with Gasteiger partial charge in [-0.3, -0.25) is 0 Å². The number of hydrogen-bond acceptors (Lipinski definition) is 3. The molecule has 1 aromatic carbocycles. The standard InChI is InChI=1S/C15H22O3/c1-15(16,13-8-10-18-11-13)9-7-12-3-5-14(17-2)6-4-12/h3-6,13,16H,7-11H2,1-2H3. The Kier molecular flexibility index (Phi) is 4.25. The first-order chi connectivity index (χ1) is 8.62. The lowest BCUT2D eigenvalue weighted by atomic mass is 9.84. The molecule has 0 radical (unpaired) electrons. The van der Waals surface area contributed by atoms with E-state index < -0.39 is 5.60 Å². The predicted octanol–water partition coefficient (Wildman–Crippen LogP) is 2.42. The van der Waals surface area contributed by atoms with E-state index in [0.29, 0.717) is 6.61 Å². The molecular weight excluding hydrogens is 228 g/mol. The zero-order chi connectivity index (χ0) is 13.0. The van der Waals surface area contributed by atoms with Crippen LogP contribution >= 0.6 is 0 Å². The van der Waals surface area contributed by atoms with Crippen molar-refractivity contribution in [3.05, 3.63) is 29.8 Å². The summed E-state index contributed by atoms with van der Waals surface area (Å²) in [5, 5.41) is 10.5. The van der Waals surface area contributed by atoms with Crippen molar-refractivity contribution < 1.29 is 14.6 Å². The summed E-state index contributed by atoms with van der Waals surface area (Å²) in [6, 6.07) is 8.03. The van der Waals surface area contributed by atoms with Crippen molar-refractivity contribution in [1.82, 2.24) is 0 Å². The highest BCUT2D eigenvalue weighted by Crippen LogP contribution is 2.29. The van der Waals surface area contributed by atoms with Crippen LogP contribution in [0.1, 0.15) is 25.3 Å². The van der Waals surface area contributed by atoms with Gasteiger partial charge in [0.05, 0.1) is 19.3 Å². The summed E-state index contributed by atoms with van der Waals surface area (Å²) >= 11 is 0. The van der Waals surface area contributed by atoms with Gasteiger partial charge < -0.3 is 14.6 Å². The number of aryl methyl sites for hydroxylation is 1. The third-order valence-corrected chi connectivity index (χ3v) is 3.89. The molecule has 2 atom stereocenters. The van der Waals surface area contributed by atoms with Gasteiger partial charge in [-0.25, -0.2) is 0 Å². The molecule has 0 spiro atoms. The van der Waals surface area contributed by atoms with Gasteiger partial charge in [0.2, 0.25) is 0 Å². The first-order valence-corrected chi connectivity index (χ1v) is 6.55. The molecule has 2 rings (SSSR count). The zero-order valence-electron chi connectivity index (χ0n) is 11.2. The van der Waals surface area contributed by atoms with Crippen molar-refractivity contribution in [2.45, 2.75) is 31.8 Å². The van der Waals surface area contributed by atoms with Gasteiger partial charge in [0, 0.05) is 12.5 Å². The number of hydrogen-bond donors (Lipinski definition) is 1. The topological polar surface area (TPSA) is 38.7 Å². The first kappa shape index (κ1) is 13.4. The summed E-state index contributed by atoms with van der Waals surface area (Å²) in [6.45, 7) is 3.40. The maximum Gasteiger partial charge on any atom is 0.118 e. The van der Waals surface area contributed by atoms with E-state index >= 15 is 0 Å². The molecular formula is C15H22O3. The third-order valence-electron chi connectivity index (χ3n) is 3.89. The molecule has 2 unspecified atom stereocenters. The van der Waals surface area contributed by atoms with Crippen molar-refractivity contribution in [2.75, 3.05) is 20.3 Å². The fraction of sp³-hybridized carbons (Fsp3) is 0.600. The molecule has 18 heavy (non-hydrogen) atoms. The molecule has 0 aromatic heterocycles. The van der Waals surface area contributed by atoms with Crippen LogP contribution in [0.25, 0.3) is 0 Å². The summed E-state index contributed by atoms with van der Waals surface area (Å²) < 4.78 is 10.5. The Hall–Kier alpha value is -1.06. The first-order valence-electron chi connectivity index (χ1n) is 6.55. The van der Waals surface area contributed by atoms with Crippen LogP contribution < -0.4 is 4.74 Å². The lowest BCUT2D eigenvalue weighted by Gasteiger charge is -2.29. The minimum Gasteiger partial charge on any atom is -0.497 e. The molecule has 100 valence electrons. The van der Waals surface area contributed by atoms with Gasteiger partial charge in [0.25, 0.3) is 0 Å². The normalized spacial score (nSPS) is 22.7. The van der Waals surface area contributed by atoms with Crippen molar-refractivity contribution in [2.24, 2.45) is 5.92 Å². The number of aliphatic hydroxyl groups is 1. The maximum absolute atomic E-state index is 10.5. The molecule has 1 saturated heterocycles. The fourth-order valence-corrected chi connectivity index (χ4v) is 2.42. The van der Waals surface area contributed by atoms with Crippen molar-refractivity contribution in [3.8, 4) is 5.75 Å². The van der Waals surface area contributed by atoms with Gasteiger partial charge in [-0.1, -0.05) is 12.1 Å². The van der Waals surface area contributed by atoms with Crippen molar-refractivity contribution >= 4 is 0 Å². The molecule has 3 nitrogen and oxygen atoms in total. The Morgan fingerprint density at radius 1 is 1.39 bits per heavy atom. The summed E-state index contributed by atoms with van der Waals surface area (Å²) in [5.41, 5.74) is 0.603. The molecule has 1 heterocycles. The molecule has 0 saturated carbocycles. The Morgan fingerprint density at radius 3 is 2.67 bits per heavy atom. The predicted molar refractivity (Wildman–Crippen MR) is 70.9 cm³/mol. The molecule has 1 aliphatic rings. The lowest BCUT2D eigenvalue weighted by Crippen LogP contribution is -2.35. The molecule has 0 bridgehead atoms. The number of benzene rings is 1. The molecule has 1 fully saturated rings. The number of methoxy groups -OCH3 is 1. The van der Waals surface area contributed by atoms with Crippen LogP contribution in [0.2, 0.25) is 0 Å². The highest BCUT2D eigenvalue weighted by Gasteiger charge is 2.34. The van der Waals surface area contributed by atoms with Gasteiger partial charge in [-0.05, 0) is 43.9 Å². The number of rotatable bonds is 5. The van der Waals surface area contributed by atoms with E-state index in [1.807, 2.05) is 19.1 Å². The smallest absolute Gasteiger partial charge is 0.118 e. The van der Waals surface area contributed by atoms with E-state index in [0.717, 1.165) is 31.6 Å². The maximum atomic E-state index is 10.5. The quantitative estimate of drug-likeness (QED) is 0.872. The molecule has 0 aliphatic carbocycles. The summed E-state index contributed by atoms with van der Waals surface area (Å²) in [7, 11) is 1.67. The van der Waals surface area contributed by atoms with Crippen LogP contribution in [0.15, 0.2) is 24.3 Å². The van der Waals surface area contributed by atoms with Crippen LogP contribution in [-0.2, 0) is 11.2 Å². The zero-order valence-corrected chi connectivity index (χ0v) is 11.2. The Morgan fingerprint density at radius 2 is 2.11 bits per heavy atom. The van der Waals surface area contributed by atoms with Crippen LogP contribution in [0.3, 0.4) is 0 Å². The molecule has 0 amide bonds. The van der Waals surface area contributed by atoms with E-state index in [9.17, 15) is 5.11 Å². The molecule has 1 N–H and O–H groups in total. The summed E-state index contributed by atoms with van der Waals surface area (Å²) in [5.74, 6) is 1.14. The van der Waals surface area contributed by atoms with E-state index in [1.54, 1.807) is 7.11 Å². The summed E-state index contributed by atoms with van der Waals surface area (Å²) in [6.07, 6.45) is 2.62. The minimum absolute atomic E-state index is 0.274. The minimum atomic E-state index is -0.629. The second-order valence-electron chi connectivity index (χ2n) is 5.27. The monoisotopic (exact) mass is 250 g/mol. The Bertz CT molecular complexity index is 364. The van der Waals surface area contributed by atoms with Gasteiger partial charge in [0.15, 0.2) is 0 Å². The lowest BCUT2D eigenvalue weighted by molar-refractivity contribution is -0.0119. The van der Waals surface area contributed by atoms with E-state index in [-0.39, 0.29) is 5.92 Å². The van der Waals surface area contributed by atoms with Crippen LogP contribution in [0.5, 0.6) is 5.75 Å². The van der Waals surface area contributed by atoms with E-state index in [4.69, 9.17) is 9.47 Å². The van der Waals surface area contributed by atoms with Crippen molar-refractivity contribution in [1.29, 1.82) is 0 Å². The highest BCUT2D eigenvalue weighted by atomic mass is 16.5. The Labute approximate surface area is 109 Å². The molecule has 3 heteroatoms. The summed E-state index contributed by atoms with van der Waals surface area (Å²) in [4.78, 5) is 0. The van der Waals surface area contributed by atoms with Crippen LogP contribution in [0, 0.1) is 5.92 Å². The SMILES string of the molecule is COc1ccc(CCC(C)(O)C2CCOC2)cc1.